The minimum absolute atomic E-state index is 0. The van der Waals surface area contributed by atoms with E-state index in [0.717, 1.165) is 32.4 Å². The fraction of sp³-hybridized carbons (Fsp3) is 0.562. The van der Waals surface area contributed by atoms with Gasteiger partial charge in [0.1, 0.15) is 0 Å². The molecule has 0 amide bonds. The summed E-state index contributed by atoms with van der Waals surface area (Å²) in [5.41, 5.74) is 0.702. The third-order valence-electron chi connectivity index (χ3n) is 4.43. The Bertz CT molecular complexity index is 615. The Morgan fingerprint density at radius 3 is 2.80 bits per heavy atom. The van der Waals surface area contributed by atoms with Gasteiger partial charge in [-0.3, -0.25) is 24.7 Å². The van der Waals surface area contributed by atoms with E-state index in [-0.39, 0.29) is 35.6 Å². The van der Waals surface area contributed by atoms with Crippen molar-refractivity contribution in [2.45, 2.75) is 31.8 Å². The second-order valence-corrected chi connectivity index (χ2v) is 6.64. The van der Waals surface area contributed by atoms with E-state index < -0.39 is 5.97 Å². The fourth-order valence-corrected chi connectivity index (χ4v) is 3.37. The summed E-state index contributed by atoms with van der Waals surface area (Å²) in [6.45, 7) is 2.12. The van der Waals surface area contributed by atoms with Crippen molar-refractivity contribution < 1.29 is 14.8 Å². The second-order valence-electron chi connectivity index (χ2n) is 6.20. The van der Waals surface area contributed by atoms with Crippen LogP contribution in [0.2, 0.25) is 5.02 Å². The molecule has 7 nitrogen and oxygen atoms in total. The van der Waals surface area contributed by atoms with E-state index in [4.69, 9.17) is 16.7 Å². The van der Waals surface area contributed by atoms with Gasteiger partial charge in [-0.15, -0.1) is 12.4 Å². The predicted molar refractivity (Wildman–Crippen MR) is 98.5 cm³/mol. The largest absolute Gasteiger partial charge is 0.480 e. The Labute approximate surface area is 158 Å². The van der Waals surface area contributed by atoms with Crippen LogP contribution in [-0.2, 0) is 11.3 Å². The number of likely N-dealkylation sites (tertiary alicyclic amines) is 1. The van der Waals surface area contributed by atoms with Crippen molar-refractivity contribution in [3.05, 3.63) is 38.9 Å². The van der Waals surface area contributed by atoms with Crippen LogP contribution in [0.25, 0.3) is 0 Å². The van der Waals surface area contributed by atoms with Gasteiger partial charge in [0.2, 0.25) is 0 Å². The first-order valence-electron chi connectivity index (χ1n) is 7.94. The molecule has 1 aliphatic heterocycles. The number of nitrogens with zero attached hydrogens (tertiary/aromatic N) is 3. The van der Waals surface area contributed by atoms with E-state index in [2.05, 4.69) is 4.90 Å². The van der Waals surface area contributed by atoms with Crippen molar-refractivity contribution in [3.63, 3.8) is 0 Å². The number of halogens is 2. The summed E-state index contributed by atoms with van der Waals surface area (Å²) in [4.78, 5) is 25.7. The first-order valence-corrected chi connectivity index (χ1v) is 8.32. The molecule has 1 heterocycles. The average Bonchev–Trinajstić information content (AvgIpc) is 2.72. The van der Waals surface area contributed by atoms with Crippen molar-refractivity contribution >= 4 is 35.7 Å². The molecular weight excluding hydrogens is 369 g/mol. The standard InChI is InChI=1S/C16H22ClN3O4.ClH/c1-18(11-16(21)22)14-3-2-7-19(8-6-14)10-12-9-13(17)4-5-15(12)20(23)24;/h4-5,9,14H,2-3,6-8,10-11H2,1H3,(H,21,22);1H. The van der Waals surface area contributed by atoms with Gasteiger partial charge in [-0.05, 0) is 51.5 Å². The van der Waals surface area contributed by atoms with Crippen LogP contribution >= 0.6 is 24.0 Å². The molecule has 1 aromatic rings. The van der Waals surface area contributed by atoms with Crippen LogP contribution in [0.3, 0.4) is 0 Å². The summed E-state index contributed by atoms with van der Waals surface area (Å²) < 4.78 is 0. The van der Waals surface area contributed by atoms with Crippen LogP contribution in [-0.4, -0.2) is 58.5 Å². The smallest absolute Gasteiger partial charge is 0.317 e. The number of carboxylic acids is 1. The van der Waals surface area contributed by atoms with Gasteiger partial charge in [0.25, 0.3) is 5.69 Å². The summed E-state index contributed by atoms with van der Waals surface area (Å²) in [5, 5.41) is 20.6. The number of carbonyl (C=O) groups is 1. The lowest BCUT2D eigenvalue weighted by atomic mass is 10.1. The molecule has 0 aromatic heterocycles. The summed E-state index contributed by atoms with van der Waals surface area (Å²) in [5.74, 6) is -0.826. The highest BCUT2D eigenvalue weighted by atomic mass is 35.5. The van der Waals surface area contributed by atoms with Crippen LogP contribution in [0, 0.1) is 10.1 Å². The molecule has 1 saturated heterocycles. The Hall–Kier alpha value is -1.41. The molecule has 0 radical (unpaired) electrons. The minimum Gasteiger partial charge on any atom is -0.480 e. The fourth-order valence-electron chi connectivity index (χ4n) is 3.18. The van der Waals surface area contributed by atoms with Gasteiger partial charge in [-0.1, -0.05) is 11.6 Å². The maximum Gasteiger partial charge on any atom is 0.317 e. The van der Waals surface area contributed by atoms with E-state index in [1.54, 1.807) is 6.07 Å². The zero-order valence-electron chi connectivity index (χ0n) is 14.1. The van der Waals surface area contributed by atoms with Gasteiger partial charge >= 0.3 is 5.97 Å². The molecule has 2 rings (SSSR count). The zero-order chi connectivity index (χ0) is 17.7. The molecule has 1 aromatic carbocycles. The number of likely N-dealkylation sites (N-methyl/N-ethyl adjacent to an activating group) is 1. The molecule has 1 atom stereocenters. The van der Waals surface area contributed by atoms with E-state index >= 15 is 0 Å². The molecule has 1 N–H and O–H groups in total. The molecule has 25 heavy (non-hydrogen) atoms. The SMILES string of the molecule is CN(CC(=O)O)C1CCCN(Cc2cc(Cl)ccc2[N+](=O)[O-])CC1.Cl. The van der Waals surface area contributed by atoms with Crippen molar-refractivity contribution in [2.24, 2.45) is 0 Å². The van der Waals surface area contributed by atoms with Gasteiger partial charge in [0.05, 0.1) is 11.5 Å². The van der Waals surface area contributed by atoms with Gasteiger partial charge in [0.15, 0.2) is 0 Å². The van der Waals surface area contributed by atoms with Crippen LogP contribution in [0.5, 0.6) is 0 Å². The molecule has 0 aliphatic carbocycles. The van der Waals surface area contributed by atoms with Crippen molar-refractivity contribution in [1.29, 1.82) is 0 Å². The Morgan fingerprint density at radius 1 is 1.44 bits per heavy atom. The molecule has 9 heteroatoms. The van der Waals surface area contributed by atoms with Crippen molar-refractivity contribution in [1.82, 2.24) is 9.80 Å². The zero-order valence-corrected chi connectivity index (χ0v) is 15.6. The highest BCUT2D eigenvalue weighted by Crippen LogP contribution is 2.25. The molecule has 0 spiro atoms. The van der Waals surface area contributed by atoms with Crippen molar-refractivity contribution in [2.75, 3.05) is 26.7 Å². The van der Waals surface area contributed by atoms with Crippen LogP contribution in [0.4, 0.5) is 5.69 Å². The predicted octanol–water partition coefficient (Wildman–Crippen LogP) is 3.04. The van der Waals surface area contributed by atoms with E-state index in [1.165, 1.54) is 12.1 Å². The molecule has 1 aliphatic rings. The van der Waals surface area contributed by atoms with E-state index in [1.807, 2.05) is 11.9 Å². The summed E-state index contributed by atoms with van der Waals surface area (Å²) >= 11 is 5.98. The number of nitro benzene ring substituents is 1. The molecule has 140 valence electrons. The maximum atomic E-state index is 11.2. The first-order chi connectivity index (χ1) is 11.4. The molecule has 0 bridgehead atoms. The average molecular weight is 392 g/mol. The van der Waals surface area contributed by atoms with Gasteiger partial charge in [0, 0.05) is 29.2 Å². The third kappa shape index (κ3) is 6.43. The molecular formula is C16H23Cl2N3O4. The van der Waals surface area contributed by atoms with Crippen LogP contribution in [0.1, 0.15) is 24.8 Å². The first kappa shape index (κ1) is 21.6. The number of rotatable bonds is 6. The minimum atomic E-state index is -0.826. The molecule has 1 fully saturated rings. The lowest BCUT2D eigenvalue weighted by molar-refractivity contribution is -0.385. The summed E-state index contributed by atoms with van der Waals surface area (Å²) in [7, 11) is 1.83. The van der Waals surface area contributed by atoms with Crippen molar-refractivity contribution in [3.8, 4) is 0 Å². The lowest BCUT2D eigenvalue weighted by Gasteiger charge is -2.25. The van der Waals surface area contributed by atoms with Gasteiger partial charge < -0.3 is 5.11 Å². The van der Waals surface area contributed by atoms with Gasteiger partial charge in [-0.2, -0.15) is 0 Å². The topological polar surface area (TPSA) is 86.9 Å². The number of benzene rings is 1. The Kier molecular flexibility index (Phi) is 8.58. The number of hydrogen-bond donors (Lipinski definition) is 1. The number of hydrogen-bond acceptors (Lipinski definition) is 5. The number of carboxylic acid groups (broad SMARTS) is 1. The Morgan fingerprint density at radius 2 is 2.16 bits per heavy atom. The monoisotopic (exact) mass is 391 g/mol. The molecule has 1 unspecified atom stereocenters. The highest BCUT2D eigenvalue weighted by Gasteiger charge is 2.23. The number of nitro groups is 1. The summed E-state index contributed by atoms with van der Waals surface area (Å²) in [6.07, 6.45) is 2.71. The highest BCUT2D eigenvalue weighted by molar-refractivity contribution is 6.30. The normalized spacial score (nSPS) is 18.4. The maximum absolute atomic E-state index is 11.2. The molecule has 0 saturated carbocycles. The number of aliphatic carboxylic acids is 1. The van der Waals surface area contributed by atoms with Crippen LogP contribution < -0.4 is 0 Å². The quantitative estimate of drug-likeness (QED) is 0.592. The lowest BCUT2D eigenvalue weighted by Crippen LogP contribution is -2.36. The second kappa shape index (κ2) is 9.91. The Balaban J connectivity index is 0.00000312. The van der Waals surface area contributed by atoms with Gasteiger partial charge in [-0.25, -0.2) is 0 Å². The summed E-state index contributed by atoms with van der Waals surface area (Å²) in [6, 6.07) is 4.85. The van der Waals surface area contributed by atoms with E-state index in [9.17, 15) is 14.9 Å². The van der Waals surface area contributed by atoms with Crippen LogP contribution in [0.15, 0.2) is 18.2 Å². The van der Waals surface area contributed by atoms with E-state index in [0.29, 0.717) is 17.1 Å². The third-order valence-corrected chi connectivity index (χ3v) is 4.67.